The van der Waals surface area contributed by atoms with Gasteiger partial charge in [-0.1, -0.05) is 18.2 Å². The largest absolute Gasteiger partial charge is 0.370 e. The summed E-state index contributed by atoms with van der Waals surface area (Å²) < 4.78 is 34.1. The molecular weight excluding hydrogens is 519 g/mol. The highest BCUT2D eigenvalue weighted by Gasteiger charge is 2.26. The molecule has 1 aliphatic rings. The van der Waals surface area contributed by atoms with Crippen molar-refractivity contribution in [2.75, 3.05) is 40.8 Å². The third-order valence-corrected chi connectivity index (χ3v) is 6.76. The number of morpholine rings is 1. The third-order valence-electron chi connectivity index (χ3n) is 4.84. The average Bonchev–Trinajstić information content (AvgIpc) is 3.15. The first-order valence-corrected chi connectivity index (χ1v) is 10.8. The molecule has 3 rings (SSSR count). The summed E-state index contributed by atoms with van der Waals surface area (Å²) in [5.41, 5.74) is 1.72. The second-order valence-corrected chi connectivity index (χ2v) is 9.17. The van der Waals surface area contributed by atoms with Crippen molar-refractivity contribution in [1.29, 1.82) is 0 Å². The zero-order valence-corrected chi connectivity index (χ0v) is 20.8. The Kier molecular flexibility index (Phi) is 8.64. The van der Waals surface area contributed by atoms with Crippen molar-refractivity contribution in [2.24, 2.45) is 12.0 Å². The number of nitrogens with zero attached hydrogens (tertiary/aromatic N) is 5. The smallest absolute Gasteiger partial charge is 0.242 e. The monoisotopic (exact) mass is 548 g/mol. The predicted octanol–water partition coefficient (Wildman–Crippen LogP) is 1.44. The first-order chi connectivity index (χ1) is 13.8. The Morgan fingerprint density at radius 1 is 1.37 bits per heavy atom. The number of aromatic nitrogens is 2. The molecule has 0 spiro atoms. The van der Waals surface area contributed by atoms with E-state index in [-0.39, 0.29) is 30.1 Å². The van der Waals surface area contributed by atoms with Gasteiger partial charge in [-0.25, -0.2) is 12.7 Å². The van der Waals surface area contributed by atoms with Crippen LogP contribution in [0.15, 0.2) is 46.5 Å². The van der Waals surface area contributed by atoms with E-state index in [1.165, 1.54) is 18.4 Å². The van der Waals surface area contributed by atoms with Crippen molar-refractivity contribution in [3.8, 4) is 0 Å². The highest BCUT2D eigenvalue weighted by Crippen LogP contribution is 2.22. The van der Waals surface area contributed by atoms with E-state index in [0.29, 0.717) is 42.7 Å². The summed E-state index contributed by atoms with van der Waals surface area (Å²) in [6, 6.07) is 7.01. The van der Waals surface area contributed by atoms with E-state index in [9.17, 15) is 8.42 Å². The average molecular weight is 548 g/mol. The second-order valence-electron chi connectivity index (χ2n) is 7.05. The maximum absolute atomic E-state index is 12.6. The van der Waals surface area contributed by atoms with Gasteiger partial charge in [0.25, 0.3) is 0 Å². The van der Waals surface area contributed by atoms with Crippen LogP contribution in [0, 0.1) is 0 Å². The SMILES string of the molecule is CN=C(NCc1ccccc1S(=O)(=O)N(C)C)N1CCOC(c2cnn(C)c2)C1.I. The number of aliphatic imine (C=N–C) groups is 1. The van der Waals surface area contributed by atoms with Gasteiger partial charge in [0.1, 0.15) is 6.10 Å². The highest BCUT2D eigenvalue weighted by molar-refractivity contribution is 14.0. The molecule has 2 heterocycles. The number of sulfonamides is 1. The predicted molar refractivity (Wildman–Crippen MR) is 126 cm³/mol. The summed E-state index contributed by atoms with van der Waals surface area (Å²) >= 11 is 0. The molecule has 1 saturated heterocycles. The van der Waals surface area contributed by atoms with E-state index in [1.807, 2.05) is 31.6 Å². The van der Waals surface area contributed by atoms with Crippen molar-refractivity contribution in [3.05, 3.63) is 47.8 Å². The first-order valence-electron chi connectivity index (χ1n) is 9.39. The fourth-order valence-corrected chi connectivity index (χ4v) is 4.37. The van der Waals surface area contributed by atoms with E-state index in [0.717, 1.165) is 5.56 Å². The van der Waals surface area contributed by atoms with Gasteiger partial charge in [0.05, 0.1) is 24.2 Å². The van der Waals surface area contributed by atoms with Gasteiger partial charge in [-0.15, -0.1) is 24.0 Å². The van der Waals surface area contributed by atoms with Crippen molar-refractivity contribution in [3.63, 3.8) is 0 Å². The van der Waals surface area contributed by atoms with Gasteiger partial charge in [-0.05, 0) is 11.6 Å². The number of nitrogens with one attached hydrogen (secondary N) is 1. The minimum atomic E-state index is -3.52. The number of halogens is 1. The summed E-state index contributed by atoms with van der Waals surface area (Å²) in [6.45, 7) is 2.27. The lowest BCUT2D eigenvalue weighted by atomic mass is 10.1. The normalized spacial score (nSPS) is 17.7. The number of rotatable bonds is 5. The zero-order chi connectivity index (χ0) is 21.0. The van der Waals surface area contributed by atoms with Crippen LogP contribution in [0.4, 0.5) is 0 Å². The van der Waals surface area contributed by atoms with Gasteiger partial charge in [0.2, 0.25) is 10.0 Å². The van der Waals surface area contributed by atoms with Gasteiger partial charge < -0.3 is 15.0 Å². The fourth-order valence-electron chi connectivity index (χ4n) is 3.25. The van der Waals surface area contributed by atoms with Crippen molar-refractivity contribution in [1.82, 2.24) is 24.3 Å². The van der Waals surface area contributed by atoms with Gasteiger partial charge >= 0.3 is 0 Å². The molecule has 2 aromatic rings. The molecule has 0 radical (unpaired) electrons. The zero-order valence-electron chi connectivity index (χ0n) is 17.6. The molecule has 0 aliphatic carbocycles. The molecule has 166 valence electrons. The molecular formula is C19H29IN6O3S. The first kappa shape index (κ1) is 24.6. The molecule has 0 saturated carbocycles. The Morgan fingerprint density at radius 2 is 2.10 bits per heavy atom. The van der Waals surface area contributed by atoms with Gasteiger partial charge in [-0.3, -0.25) is 9.67 Å². The molecule has 1 aromatic heterocycles. The molecule has 0 bridgehead atoms. The number of ether oxygens (including phenoxy) is 1. The van der Waals surface area contributed by atoms with Crippen LogP contribution in [0.25, 0.3) is 0 Å². The van der Waals surface area contributed by atoms with Crippen LogP contribution >= 0.6 is 24.0 Å². The van der Waals surface area contributed by atoms with E-state index in [2.05, 4.69) is 20.3 Å². The minimum absolute atomic E-state index is 0. The van der Waals surface area contributed by atoms with E-state index in [1.54, 1.807) is 23.9 Å². The maximum Gasteiger partial charge on any atom is 0.242 e. The fraction of sp³-hybridized carbons (Fsp3) is 0.474. The number of guanidine groups is 1. The lowest BCUT2D eigenvalue weighted by Gasteiger charge is -2.34. The minimum Gasteiger partial charge on any atom is -0.370 e. The maximum atomic E-state index is 12.6. The molecule has 30 heavy (non-hydrogen) atoms. The summed E-state index contributed by atoms with van der Waals surface area (Å²) in [6.07, 6.45) is 3.68. The molecule has 1 fully saturated rings. The van der Waals surface area contributed by atoms with Crippen LogP contribution in [0.1, 0.15) is 17.2 Å². The topological polar surface area (TPSA) is 92.1 Å². The third kappa shape index (κ3) is 5.50. The molecule has 1 aliphatic heterocycles. The lowest BCUT2D eigenvalue weighted by Crippen LogP contribution is -2.48. The standard InChI is InChI=1S/C19H28N6O3S.HI/c1-20-19(25-9-10-28-17(14-25)16-12-22-24(4)13-16)21-11-15-7-5-6-8-18(15)29(26,27)23(2)3;/h5-8,12-13,17H,9-11,14H2,1-4H3,(H,20,21);1H. The van der Waals surface area contributed by atoms with E-state index >= 15 is 0 Å². The van der Waals surface area contributed by atoms with Gasteiger partial charge in [-0.2, -0.15) is 5.10 Å². The van der Waals surface area contributed by atoms with Crippen LogP contribution in [-0.2, 0) is 28.4 Å². The number of hydrogen-bond acceptors (Lipinski definition) is 5. The Labute approximate surface area is 195 Å². The molecule has 9 nitrogen and oxygen atoms in total. The Bertz CT molecular complexity index is 976. The van der Waals surface area contributed by atoms with Crippen LogP contribution in [0.3, 0.4) is 0 Å². The van der Waals surface area contributed by atoms with Crippen LogP contribution in [-0.4, -0.2) is 74.2 Å². The molecule has 1 N–H and O–H groups in total. The Balaban J connectivity index is 0.00000320. The van der Waals surface area contributed by atoms with Gasteiger partial charge in [0.15, 0.2) is 5.96 Å². The summed E-state index contributed by atoms with van der Waals surface area (Å²) in [5, 5.41) is 7.52. The molecule has 1 atom stereocenters. The quantitative estimate of drug-likeness (QED) is 0.346. The Hall–Kier alpha value is -1.70. The summed E-state index contributed by atoms with van der Waals surface area (Å²) in [5.74, 6) is 0.708. The van der Waals surface area contributed by atoms with E-state index < -0.39 is 10.0 Å². The van der Waals surface area contributed by atoms with Crippen molar-refractivity contribution < 1.29 is 13.2 Å². The number of aryl methyl sites for hydroxylation is 1. The molecule has 0 amide bonds. The lowest BCUT2D eigenvalue weighted by molar-refractivity contribution is -0.00805. The van der Waals surface area contributed by atoms with Crippen molar-refractivity contribution in [2.45, 2.75) is 17.5 Å². The van der Waals surface area contributed by atoms with Gasteiger partial charge in [0, 0.05) is 53.0 Å². The number of benzene rings is 1. The molecule has 11 heteroatoms. The van der Waals surface area contributed by atoms with Crippen LogP contribution in [0.2, 0.25) is 0 Å². The van der Waals surface area contributed by atoms with Crippen molar-refractivity contribution >= 4 is 40.0 Å². The second kappa shape index (κ2) is 10.6. The van der Waals surface area contributed by atoms with Crippen LogP contribution in [0.5, 0.6) is 0 Å². The summed E-state index contributed by atoms with van der Waals surface area (Å²) in [4.78, 5) is 6.79. The highest BCUT2D eigenvalue weighted by atomic mass is 127. The van der Waals surface area contributed by atoms with Crippen LogP contribution < -0.4 is 5.32 Å². The summed E-state index contributed by atoms with van der Waals surface area (Å²) in [7, 11) is 3.15. The van der Waals surface area contributed by atoms with E-state index in [4.69, 9.17) is 4.74 Å². The molecule has 1 aromatic carbocycles. The Morgan fingerprint density at radius 3 is 2.73 bits per heavy atom. The number of hydrogen-bond donors (Lipinski definition) is 1. The molecule has 1 unspecified atom stereocenters.